The van der Waals surface area contributed by atoms with Crippen LogP contribution in [0.2, 0.25) is 0 Å². The van der Waals surface area contributed by atoms with Gasteiger partial charge in [-0.15, -0.1) is 16.4 Å². The third kappa shape index (κ3) is 2.44. The summed E-state index contributed by atoms with van der Waals surface area (Å²) in [5.74, 6) is 0.285. The Labute approximate surface area is 156 Å². The second-order valence-electron chi connectivity index (χ2n) is 7.40. The minimum absolute atomic E-state index is 0.0301. The van der Waals surface area contributed by atoms with Gasteiger partial charge in [-0.1, -0.05) is 6.92 Å². The maximum absolute atomic E-state index is 13.1. The predicted molar refractivity (Wildman–Crippen MR) is 102 cm³/mol. The van der Waals surface area contributed by atoms with Crippen molar-refractivity contribution in [1.29, 1.82) is 0 Å². The summed E-state index contributed by atoms with van der Waals surface area (Å²) in [6.07, 6.45) is 10.7. The molecule has 1 aliphatic heterocycles. The molecule has 0 bridgehead atoms. The van der Waals surface area contributed by atoms with E-state index in [1.807, 2.05) is 4.90 Å². The molecule has 6 nitrogen and oxygen atoms in total. The van der Waals surface area contributed by atoms with Crippen LogP contribution in [0.25, 0.3) is 15.9 Å². The number of fused-ring (bicyclic) bond motifs is 5. The number of aromatic nitrogens is 4. The molecule has 26 heavy (non-hydrogen) atoms. The fraction of sp³-hybridized carbons (Fsp3) is 0.579. The van der Waals surface area contributed by atoms with Gasteiger partial charge in [-0.25, -0.2) is 14.5 Å². The summed E-state index contributed by atoms with van der Waals surface area (Å²) < 4.78 is 1.70. The van der Waals surface area contributed by atoms with Gasteiger partial charge >= 0.3 is 0 Å². The molecule has 1 saturated heterocycles. The van der Waals surface area contributed by atoms with Crippen molar-refractivity contribution in [2.75, 3.05) is 6.54 Å². The highest BCUT2D eigenvalue weighted by Crippen LogP contribution is 2.37. The zero-order valence-corrected chi connectivity index (χ0v) is 15.9. The molecule has 3 aromatic rings. The van der Waals surface area contributed by atoms with Crippen molar-refractivity contribution >= 4 is 33.1 Å². The first-order valence-corrected chi connectivity index (χ1v) is 10.5. The van der Waals surface area contributed by atoms with E-state index < -0.39 is 0 Å². The normalized spacial score (nSPS) is 20.7. The minimum atomic E-state index is -0.0301. The first kappa shape index (κ1) is 16.2. The fourth-order valence-corrected chi connectivity index (χ4v) is 5.69. The Morgan fingerprint density at radius 2 is 2.15 bits per heavy atom. The van der Waals surface area contributed by atoms with Crippen LogP contribution >= 0.6 is 11.3 Å². The summed E-state index contributed by atoms with van der Waals surface area (Å²) in [4.78, 5) is 26.8. The van der Waals surface area contributed by atoms with Crippen molar-refractivity contribution in [2.24, 2.45) is 0 Å². The van der Waals surface area contributed by atoms with E-state index in [0.29, 0.717) is 11.9 Å². The standard InChI is InChI=1S/C19H23N5OS/c1-2-12-7-5-6-10-23(12)19(25)16-21-17-15-13-8-3-4-9-14(13)26-18(15)20-11-24(17)22-16/h11-12H,2-10H2,1H3. The van der Waals surface area contributed by atoms with Crippen molar-refractivity contribution in [3.63, 3.8) is 0 Å². The number of amides is 1. The van der Waals surface area contributed by atoms with Crippen LogP contribution < -0.4 is 0 Å². The summed E-state index contributed by atoms with van der Waals surface area (Å²) in [6, 6.07) is 0.315. The number of piperidine rings is 1. The topological polar surface area (TPSA) is 63.4 Å². The highest BCUT2D eigenvalue weighted by atomic mass is 32.1. The fourth-order valence-electron chi connectivity index (χ4n) is 4.47. The summed E-state index contributed by atoms with van der Waals surface area (Å²) in [6.45, 7) is 2.97. The Bertz CT molecular complexity index is 991. The molecule has 136 valence electrons. The van der Waals surface area contributed by atoms with Crippen LogP contribution in [-0.2, 0) is 12.8 Å². The molecule has 3 aromatic heterocycles. The maximum atomic E-state index is 13.1. The second-order valence-corrected chi connectivity index (χ2v) is 8.48. The SMILES string of the molecule is CCC1CCCCN1C(=O)c1nc2c3c4c(sc3ncn2n1)CCCC4. The summed E-state index contributed by atoms with van der Waals surface area (Å²) in [5, 5.41) is 5.61. The van der Waals surface area contributed by atoms with Gasteiger partial charge in [0.15, 0.2) is 5.65 Å². The highest BCUT2D eigenvalue weighted by molar-refractivity contribution is 7.19. The lowest BCUT2D eigenvalue weighted by Crippen LogP contribution is -2.43. The van der Waals surface area contributed by atoms with Crippen LogP contribution in [0.3, 0.4) is 0 Å². The van der Waals surface area contributed by atoms with Crippen molar-refractivity contribution < 1.29 is 4.79 Å². The molecule has 0 aromatic carbocycles. The van der Waals surface area contributed by atoms with Gasteiger partial charge in [0.1, 0.15) is 11.2 Å². The molecule has 1 amide bonds. The summed E-state index contributed by atoms with van der Waals surface area (Å²) >= 11 is 1.78. The third-order valence-corrected chi connectivity index (χ3v) is 7.04. The van der Waals surface area contributed by atoms with E-state index in [4.69, 9.17) is 4.98 Å². The zero-order chi connectivity index (χ0) is 17.7. The van der Waals surface area contributed by atoms with E-state index in [2.05, 4.69) is 17.0 Å². The Morgan fingerprint density at radius 1 is 1.27 bits per heavy atom. The van der Waals surface area contributed by atoms with Crippen molar-refractivity contribution in [3.05, 3.63) is 22.6 Å². The van der Waals surface area contributed by atoms with E-state index in [9.17, 15) is 4.79 Å². The lowest BCUT2D eigenvalue weighted by Gasteiger charge is -2.34. The first-order chi connectivity index (χ1) is 12.8. The van der Waals surface area contributed by atoms with E-state index in [0.717, 1.165) is 54.5 Å². The Kier molecular flexibility index (Phi) is 3.92. The number of thiophene rings is 1. The van der Waals surface area contributed by atoms with Crippen molar-refractivity contribution in [2.45, 2.75) is 64.3 Å². The van der Waals surface area contributed by atoms with Gasteiger partial charge in [0.2, 0.25) is 5.82 Å². The number of rotatable bonds is 2. The van der Waals surface area contributed by atoms with Gasteiger partial charge in [0.25, 0.3) is 5.91 Å². The van der Waals surface area contributed by atoms with Gasteiger partial charge in [-0.3, -0.25) is 4.79 Å². The molecule has 0 N–H and O–H groups in total. The number of aryl methyl sites for hydroxylation is 2. The molecule has 0 radical (unpaired) electrons. The van der Waals surface area contributed by atoms with Crippen LogP contribution in [0, 0.1) is 0 Å². The summed E-state index contributed by atoms with van der Waals surface area (Å²) in [7, 11) is 0. The van der Waals surface area contributed by atoms with Gasteiger partial charge in [0, 0.05) is 17.5 Å². The van der Waals surface area contributed by atoms with Crippen LogP contribution in [0.15, 0.2) is 6.33 Å². The molecule has 1 fully saturated rings. The number of hydrogen-bond acceptors (Lipinski definition) is 5. The molecule has 0 saturated carbocycles. The van der Waals surface area contributed by atoms with E-state index in [-0.39, 0.29) is 5.91 Å². The van der Waals surface area contributed by atoms with Gasteiger partial charge < -0.3 is 4.90 Å². The first-order valence-electron chi connectivity index (χ1n) is 9.73. The smallest absolute Gasteiger partial charge is 0.293 e. The lowest BCUT2D eigenvalue weighted by atomic mass is 9.97. The molecule has 2 aliphatic rings. The van der Waals surface area contributed by atoms with Gasteiger partial charge in [-0.2, -0.15) is 0 Å². The number of nitrogens with zero attached hydrogens (tertiary/aromatic N) is 5. The van der Waals surface area contributed by atoms with Crippen molar-refractivity contribution in [1.82, 2.24) is 24.5 Å². The van der Waals surface area contributed by atoms with E-state index >= 15 is 0 Å². The van der Waals surface area contributed by atoms with Crippen LogP contribution in [0.5, 0.6) is 0 Å². The Morgan fingerprint density at radius 3 is 3.04 bits per heavy atom. The maximum Gasteiger partial charge on any atom is 0.293 e. The van der Waals surface area contributed by atoms with Crippen LogP contribution in [0.1, 0.15) is 66.5 Å². The number of likely N-dealkylation sites (tertiary alicyclic amines) is 1. The molecular weight excluding hydrogens is 346 g/mol. The quantitative estimate of drug-likeness (QED) is 0.692. The molecule has 0 spiro atoms. The summed E-state index contributed by atoms with van der Waals surface area (Å²) in [5.41, 5.74) is 2.17. The molecule has 4 heterocycles. The second kappa shape index (κ2) is 6.30. The zero-order valence-electron chi connectivity index (χ0n) is 15.1. The molecule has 7 heteroatoms. The Hall–Kier alpha value is -2.02. The Balaban J connectivity index is 1.60. The molecule has 1 atom stereocenters. The number of carbonyl (C=O) groups excluding carboxylic acids is 1. The average Bonchev–Trinajstić information content (AvgIpc) is 3.28. The molecule has 1 unspecified atom stereocenters. The van der Waals surface area contributed by atoms with E-state index in [1.54, 1.807) is 22.2 Å². The van der Waals surface area contributed by atoms with Crippen molar-refractivity contribution in [3.8, 4) is 0 Å². The average molecular weight is 369 g/mol. The third-order valence-electron chi connectivity index (χ3n) is 5.84. The highest BCUT2D eigenvalue weighted by Gasteiger charge is 2.29. The van der Waals surface area contributed by atoms with Gasteiger partial charge in [-0.05, 0) is 56.9 Å². The predicted octanol–water partition coefficient (Wildman–Crippen LogP) is 3.62. The molecular formula is C19H23N5OS. The minimum Gasteiger partial charge on any atom is -0.333 e. The molecule has 5 rings (SSSR count). The molecule has 1 aliphatic carbocycles. The monoisotopic (exact) mass is 369 g/mol. The lowest BCUT2D eigenvalue weighted by molar-refractivity contribution is 0.0595. The van der Waals surface area contributed by atoms with Gasteiger partial charge in [0.05, 0.1) is 5.39 Å². The number of hydrogen-bond donors (Lipinski definition) is 0. The largest absolute Gasteiger partial charge is 0.333 e. The van der Waals surface area contributed by atoms with Crippen LogP contribution in [-0.4, -0.2) is 43.0 Å². The van der Waals surface area contributed by atoms with Crippen LogP contribution in [0.4, 0.5) is 0 Å². The van der Waals surface area contributed by atoms with E-state index in [1.165, 1.54) is 29.7 Å². The number of carbonyl (C=O) groups is 1.